The van der Waals surface area contributed by atoms with Gasteiger partial charge in [0.25, 0.3) is 10.0 Å². The third-order valence-electron chi connectivity index (χ3n) is 2.02. The zero-order chi connectivity index (χ0) is 13.3. The summed E-state index contributed by atoms with van der Waals surface area (Å²) in [6.45, 7) is 1.72. The molecule has 18 heavy (non-hydrogen) atoms. The van der Waals surface area contributed by atoms with Gasteiger partial charge in [-0.05, 0) is 28.9 Å². The Morgan fingerprint density at radius 1 is 1.39 bits per heavy atom. The van der Waals surface area contributed by atoms with E-state index in [1.54, 1.807) is 6.92 Å². The Morgan fingerprint density at radius 2 is 2.06 bits per heavy atom. The monoisotopic (exact) mass is 367 g/mol. The molecular weight excluding hydrogens is 362 g/mol. The minimum atomic E-state index is -3.70. The molecule has 0 aliphatic heterocycles. The van der Waals surface area contributed by atoms with Gasteiger partial charge >= 0.3 is 0 Å². The van der Waals surface area contributed by atoms with Crippen molar-refractivity contribution < 1.29 is 8.42 Å². The van der Waals surface area contributed by atoms with Crippen LogP contribution in [0.1, 0.15) is 4.88 Å². The summed E-state index contributed by atoms with van der Waals surface area (Å²) in [5.74, 6) is 0.0147. The fraction of sp³-hybridized carbons (Fsp3) is 0.111. The Morgan fingerprint density at radius 3 is 2.61 bits per heavy atom. The van der Waals surface area contributed by atoms with Crippen LogP contribution >= 0.6 is 38.9 Å². The summed E-state index contributed by atoms with van der Waals surface area (Å²) in [6.07, 6.45) is 2.74. The largest absolute Gasteiger partial charge is 0.264 e. The number of nitrogens with one attached hydrogen (secondary N) is 1. The smallest absolute Gasteiger partial charge is 0.261 e. The predicted octanol–water partition coefficient (Wildman–Crippen LogP) is 3.06. The van der Waals surface area contributed by atoms with E-state index < -0.39 is 10.0 Å². The lowest BCUT2D eigenvalue weighted by atomic mass is 10.5. The van der Waals surface area contributed by atoms with Crippen molar-refractivity contribution in [3.8, 4) is 0 Å². The van der Waals surface area contributed by atoms with Crippen molar-refractivity contribution in [2.45, 2.75) is 11.8 Å². The van der Waals surface area contributed by atoms with Gasteiger partial charge in [-0.3, -0.25) is 4.72 Å². The second-order valence-electron chi connectivity index (χ2n) is 3.27. The molecule has 1 N–H and O–H groups in total. The van der Waals surface area contributed by atoms with E-state index in [0.29, 0.717) is 4.88 Å². The molecule has 2 heterocycles. The first-order valence-corrected chi connectivity index (χ1v) is 8.12. The van der Waals surface area contributed by atoms with Crippen LogP contribution in [0.4, 0.5) is 5.82 Å². The molecular formula is C9H7BrClN3O2S2. The Kier molecular flexibility index (Phi) is 3.90. The summed E-state index contributed by atoms with van der Waals surface area (Å²) in [4.78, 5) is 8.46. The lowest BCUT2D eigenvalue weighted by Gasteiger charge is -2.07. The third kappa shape index (κ3) is 2.82. The quantitative estimate of drug-likeness (QED) is 0.903. The van der Waals surface area contributed by atoms with Crippen LogP contribution < -0.4 is 4.72 Å². The van der Waals surface area contributed by atoms with Crippen molar-refractivity contribution in [3.63, 3.8) is 0 Å². The highest BCUT2D eigenvalue weighted by Crippen LogP contribution is 2.31. The number of sulfonamides is 1. The summed E-state index contributed by atoms with van der Waals surface area (Å²) in [6, 6.07) is 1.53. The topological polar surface area (TPSA) is 72.0 Å². The molecule has 9 heteroatoms. The van der Waals surface area contributed by atoms with Gasteiger partial charge in [0, 0.05) is 17.3 Å². The standard InChI is InChI=1S/C9H7BrClN3O2S2/c1-5-6(4-7(10)17-5)18(15,16)14-9-8(11)12-2-3-13-9/h2-4H,1H3,(H,13,14). The maximum Gasteiger partial charge on any atom is 0.264 e. The van der Waals surface area contributed by atoms with Gasteiger partial charge < -0.3 is 0 Å². The van der Waals surface area contributed by atoms with E-state index in [1.807, 2.05) is 0 Å². The fourth-order valence-corrected chi connectivity index (χ4v) is 4.91. The third-order valence-corrected chi connectivity index (χ3v) is 5.44. The van der Waals surface area contributed by atoms with Gasteiger partial charge in [-0.25, -0.2) is 18.4 Å². The van der Waals surface area contributed by atoms with Crippen LogP contribution in [0.5, 0.6) is 0 Å². The molecule has 96 valence electrons. The van der Waals surface area contributed by atoms with E-state index in [4.69, 9.17) is 11.6 Å². The molecule has 2 aromatic rings. The van der Waals surface area contributed by atoms with Gasteiger partial charge in [0.2, 0.25) is 0 Å². The van der Waals surface area contributed by atoms with Gasteiger partial charge in [-0.1, -0.05) is 11.6 Å². The number of anilines is 1. The number of hydrogen-bond acceptors (Lipinski definition) is 5. The second-order valence-corrected chi connectivity index (χ2v) is 7.92. The number of aromatic nitrogens is 2. The minimum Gasteiger partial charge on any atom is -0.261 e. The fourth-order valence-electron chi connectivity index (χ4n) is 1.27. The molecule has 2 aromatic heterocycles. The maximum absolute atomic E-state index is 12.1. The van der Waals surface area contributed by atoms with Crippen LogP contribution in [0.15, 0.2) is 27.1 Å². The molecule has 0 saturated heterocycles. The highest BCUT2D eigenvalue weighted by Gasteiger charge is 2.21. The van der Waals surface area contributed by atoms with Gasteiger partial charge in [0.05, 0.1) is 3.79 Å². The lowest BCUT2D eigenvalue weighted by molar-refractivity contribution is 0.601. The summed E-state index contributed by atoms with van der Waals surface area (Å²) in [7, 11) is -3.70. The molecule has 0 aromatic carbocycles. The van der Waals surface area contributed by atoms with Gasteiger partial charge in [0.15, 0.2) is 11.0 Å². The summed E-state index contributed by atoms with van der Waals surface area (Å²) in [5, 5.41) is 0.00743. The van der Waals surface area contributed by atoms with Crippen molar-refractivity contribution >= 4 is 54.7 Å². The molecule has 0 aliphatic rings. The van der Waals surface area contributed by atoms with E-state index in [-0.39, 0.29) is 15.9 Å². The summed E-state index contributed by atoms with van der Waals surface area (Å²) >= 11 is 10.3. The number of aryl methyl sites for hydroxylation is 1. The number of rotatable bonds is 3. The van der Waals surface area contributed by atoms with Crippen LogP contribution in [0, 0.1) is 6.92 Å². The first kappa shape index (κ1) is 13.7. The molecule has 0 aliphatic carbocycles. The van der Waals surface area contributed by atoms with Crippen LogP contribution in [0.2, 0.25) is 5.15 Å². The molecule has 2 rings (SSSR count). The predicted molar refractivity (Wildman–Crippen MR) is 74.6 cm³/mol. The van der Waals surface area contributed by atoms with Crippen molar-refractivity contribution in [1.82, 2.24) is 9.97 Å². The molecule has 0 spiro atoms. The van der Waals surface area contributed by atoms with Gasteiger partial charge in [-0.15, -0.1) is 11.3 Å². The summed E-state index contributed by atoms with van der Waals surface area (Å²) in [5.41, 5.74) is 0. The lowest BCUT2D eigenvalue weighted by Crippen LogP contribution is -2.14. The Balaban J connectivity index is 2.40. The Bertz CT molecular complexity index is 687. The van der Waals surface area contributed by atoms with E-state index >= 15 is 0 Å². The van der Waals surface area contributed by atoms with E-state index in [2.05, 4.69) is 30.6 Å². The summed E-state index contributed by atoms with van der Waals surface area (Å²) < 4.78 is 27.3. The first-order valence-electron chi connectivity index (χ1n) is 4.65. The van der Waals surface area contributed by atoms with E-state index in [0.717, 1.165) is 3.79 Å². The average molecular weight is 369 g/mol. The molecule has 5 nitrogen and oxygen atoms in total. The Labute approximate surface area is 121 Å². The number of thiophene rings is 1. The highest BCUT2D eigenvalue weighted by molar-refractivity contribution is 9.11. The zero-order valence-corrected chi connectivity index (χ0v) is 13.0. The number of nitrogens with zero attached hydrogens (tertiary/aromatic N) is 2. The molecule has 0 radical (unpaired) electrons. The van der Waals surface area contributed by atoms with Crippen LogP contribution in [0.3, 0.4) is 0 Å². The van der Waals surface area contributed by atoms with Crippen molar-refractivity contribution in [2.24, 2.45) is 0 Å². The van der Waals surface area contributed by atoms with Crippen molar-refractivity contribution in [2.75, 3.05) is 4.72 Å². The van der Waals surface area contributed by atoms with Crippen molar-refractivity contribution in [1.29, 1.82) is 0 Å². The molecule has 0 fully saturated rings. The average Bonchev–Trinajstić information content (AvgIpc) is 2.62. The minimum absolute atomic E-state index is 0.00743. The normalized spacial score (nSPS) is 11.5. The molecule has 0 bridgehead atoms. The van der Waals surface area contributed by atoms with Crippen LogP contribution in [-0.2, 0) is 10.0 Å². The molecule has 0 atom stereocenters. The molecule has 0 saturated carbocycles. The van der Waals surface area contributed by atoms with Gasteiger partial charge in [-0.2, -0.15) is 0 Å². The van der Waals surface area contributed by atoms with E-state index in [1.165, 1.54) is 29.8 Å². The molecule has 0 amide bonds. The van der Waals surface area contributed by atoms with Crippen molar-refractivity contribution in [3.05, 3.63) is 32.3 Å². The van der Waals surface area contributed by atoms with E-state index in [9.17, 15) is 8.42 Å². The first-order chi connectivity index (χ1) is 8.40. The maximum atomic E-state index is 12.1. The number of hydrogen-bond donors (Lipinski definition) is 1. The van der Waals surface area contributed by atoms with Crippen LogP contribution in [-0.4, -0.2) is 18.4 Å². The number of halogens is 2. The van der Waals surface area contributed by atoms with Gasteiger partial charge in [0.1, 0.15) is 4.90 Å². The zero-order valence-electron chi connectivity index (χ0n) is 9.02. The van der Waals surface area contributed by atoms with Crippen LogP contribution in [0.25, 0.3) is 0 Å². The SMILES string of the molecule is Cc1sc(Br)cc1S(=O)(=O)Nc1nccnc1Cl. The second kappa shape index (κ2) is 5.12. The highest BCUT2D eigenvalue weighted by atomic mass is 79.9. The Hall–Kier alpha value is -0.700. The molecule has 0 unspecified atom stereocenters.